The molecule has 4 heteroatoms. The highest BCUT2D eigenvalue weighted by molar-refractivity contribution is 9.09. The SMILES string of the molecule is CCS(=O)(=O)CCC1(CBr)CC2CCC1C2. The van der Waals surface area contributed by atoms with Gasteiger partial charge in [0, 0.05) is 11.1 Å². The number of alkyl halides is 1. The largest absolute Gasteiger partial charge is 0.229 e. The Morgan fingerprint density at radius 2 is 2.12 bits per heavy atom. The zero-order valence-corrected chi connectivity index (χ0v) is 12.3. The molecule has 2 rings (SSSR count). The van der Waals surface area contributed by atoms with E-state index >= 15 is 0 Å². The molecule has 94 valence electrons. The van der Waals surface area contributed by atoms with Crippen LogP contribution in [0.5, 0.6) is 0 Å². The van der Waals surface area contributed by atoms with E-state index in [0.29, 0.717) is 16.9 Å². The maximum absolute atomic E-state index is 11.6. The van der Waals surface area contributed by atoms with E-state index in [1.807, 2.05) is 0 Å². The van der Waals surface area contributed by atoms with Gasteiger partial charge in [-0.25, -0.2) is 8.42 Å². The van der Waals surface area contributed by atoms with Gasteiger partial charge in [0.15, 0.2) is 0 Å². The predicted molar refractivity (Wildman–Crippen MR) is 70.6 cm³/mol. The van der Waals surface area contributed by atoms with E-state index in [2.05, 4.69) is 15.9 Å². The Morgan fingerprint density at radius 1 is 1.38 bits per heavy atom. The highest BCUT2D eigenvalue weighted by Gasteiger charge is 2.49. The second kappa shape index (κ2) is 4.60. The van der Waals surface area contributed by atoms with Crippen LogP contribution < -0.4 is 0 Å². The zero-order valence-electron chi connectivity index (χ0n) is 9.91. The van der Waals surface area contributed by atoms with Crippen molar-refractivity contribution in [1.29, 1.82) is 0 Å². The van der Waals surface area contributed by atoms with Gasteiger partial charge in [0.05, 0.1) is 5.75 Å². The summed E-state index contributed by atoms with van der Waals surface area (Å²) in [6.45, 7) is 1.75. The second-order valence-electron chi connectivity index (χ2n) is 5.56. The van der Waals surface area contributed by atoms with Crippen molar-refractivity contribution in [2.24, 2.45) is 17.3 Å². The Morgan fingerprint density at radius 3 is 2.56 bits per heavy atom. The van der Waals surface area contributed by atoms with Gasteiger partial charge in [-0.3, -0.25) is 0 Å². The van der Waals surface area contributed by atoms with Gasteiger partial charge < -0.3 is 0 Å². The average molecular weight is 309 g/mol. The summed E-state index contributed by atoms with van der Waals surface area (Å²) in [6.07, 6.45) is 6.16. The first-order valence-electron chi connectivity index (χ1n) is 6.28. The second-order valence-corrected chi connectivity index (χ2v) is 8.60. The molecule has 0 saturated heterocycles. The van der Waals surface area contributed by atoms with Crippen molar-refractivity contribution in [3.05, 3.63) is 0 Å². The van der Waals surface area contributed by atoms with Crippen molar-refractivity contribution in [3.63, 3.8) is 0 Å². The monoisotopic (exact) mass is 308 g/mol. The minimum atomic E-state index is -2.79. The number of hydrogen-bond acceptors (Lipinski definition) is 2. The smallest absolute Gasteiger partial charge is 0.150 e. The molecule has 0 aromatic rings. The first-order chi connectivity index (χ1) is 7.51. The molecule has 0 N–H and O–H groups in total. The van der Waals surface area contributed by atoms with Crippen LogP contribution in [-0.2, 0) is 9.84 Å². The summed E-state index contributed by atoms with van der Waals surface area (Å²) < 4.78 is 23.2. The minimum Gasteiger partial charge on any atom is -0.229 e. The van der Waals surface area contributed by atoms with Gasteiger partial charge in [-0.1, -0.05) is 29.3 Å². The maximum atomic E-state index is 11.6. The normalized spacial score (nSPS) is 38.1. The van der Waals surface area contributed by atoms with Crippen LogP contribution in [0.3, 0.4) is 0 Å². The van der Waals surface area contributed by atoms with Crippen LogP contribution in [0.2, 0.25) is 0 Å². The number of rotatable bonds is 5. The topological polar surface area (TPSA) is 34.1 Å². The summed E-state index contributed by atoms with van der Waals surface area (Å²) in [5.41, 5.74) is 0.297. The van der Waals surface area contributed by atoms with Crippen LogP contribution in [0, 0.1) is 17.3 Å². The van der Waals surface area contributed by atoms with Crippen LogP contribution in [0.15, 0.2) is 0 Å². The van der Waals surface area contributed by atoms with Crippen molar-refractivity contribution < 1.29 is 8.42 Å². The van der Waals surface area contributed by atoms with Crippen molar-refractivity contribution in [2.75, 3.05) is 16.8 Å². The molecule has 0 amide bonds. The molecular formula is C12H21BrO2S. The maximum Gasteiger partial charge on any atom is 0.150 e. The Balaban J connectivity index is 2.02. The molecule has 2 nitrogen and oxygen atoms in total. The molecule has 2 bridgehead atoms. The van der Waals surface area contributed by atoms with Gasteiger partial charge in [0.2, 0.25) is 0 Å². The van der Waals surface area contributed by atoms with E-state index < -0.39 is 9.84 Å². The van der Waals surface area contributed by atoms with Crippen LogP contribution in [0.1, 0.15) is 39.0 Å². The fraction of sp³-hybridized carbons (Fsp3) is 1.00. The van der Waals surface area contributed by atoms with Gasteiger partial charge in [0.1, 0.15) is 9.84 Å². The molecular weight excluding hydrogens is 288 g/mol. The van der Waals surface area contributed by atoms with Crippen LogP contribution in [0.4, 0.5) is 0 Å². The molecule has 0 heterocycles. The first kappa shape index (κ1) is 12.9. The lowest BCUT2D eigenvalue weighted by Gasteiger charge is -2.36. The Bertz CT molecular complexity index is 352. The third-order valence-corrected chi connectivity index (χ3v) is 7.54. The van der Waals surface area contributed by atoms with E-state index in [1.54, 1.807) is 6.92 Å². The first-order valence-corrected chi connectivity index (χ1v) is 9.22. The Kier molecular flexibility index (Phi) is 3.70. The molecule has 2 saturated carbocycles. The van der Waals surface area contributed by atoms with E-state index in [0.717, 1.165) is 23.6 Å². The van der Waals surface area contributed by atoms with Gasteiger partial charge >= 0.3 is 0 Å². The van der Waals surface area contributed by atoms with Crippen LogP contribution in [0.25, 0.3) is 0 Å². The Hall–Kier alpha value is 0.430. The summed E-state index contributed by atoms with van der Waals surface area (Å²) in [7, 11) is -2.79. The molecule has 16 heavy (non-hydrogen) atoms. The molecule has 3 atom stereocenters. The summed E-state index contributed by atoms with van der Waals surface area (Å²) in [5.74, 6) is 2.34. The molecule has 2 aliphatic carbocycles. The quantitative estimate of drug-likeness (QED) is 0.732. The summed E-state index contributed by atoms with van der Waals surface area (Å²) >= 11 is 3.63. The Labute approximate surface area is 107 Å². The molecule has 3 unspecified atom stereocenters. The highest BCUT2D eigenvalue weighted by atomic mass is 79.9. The van der Waals surface area contributed by atoms with E-state index in [4.69, 9.17) is 0 Å². The van der Waals surface area contributed by atoms with Crippen molar-refractivity contribution >= 4 is 25.8 Å². The molecule has 0 aliphatic heterocycles. The van der Waals surface area contributed by atoms with Gasteiger partial charge in [0.25, 0.3) is 0 Å². The van der Waals surface area contributed by atoms with E-state index in [1.165, 1.54) is 25.7 Å². The fourth-order valence-corrected chi connectivity index (χ4v) is 5.57. The number of fused-ring (bicyclic) bond motifs is 2. The third kappa shape index (κ3) is 2.33. The van der Waals surface area contributed by atoms with Crippen molar-refractivity contribution in [3.8, 4) is 0 Å². The molecule has 0 radical (unpaired) electrons. The number of hydrogen-bond donors (Lipinski definition) is 0. The lowest BCUT2D eigenvalue weighted by Crippen LogP contribution is -2.32. The zero-order chi connectivity index (χ0) is 11.8. The lowest BCUT2D eigenvalue weighted by atomic mass is 9.73. The summed E-state index contributed by atoms with van der Waals surface area (Å²) in [5, 5.41) is 0.987. The third-order valence-electron chi connectivity index (χ3n) is 4.72. The van der Waals surface area contributed by atoms with Crippen LogP contribution in [-0.4, -0.2) is 25.3 Å². The van der Waals surface area contributed by atoms with Gasteiger partial charge in [-0.05, 0) is 42.9 Å². The summed E-state index contributed by atoms with van der Waals surface area (Å²) in [6, 6.07) is 0. The average Bonchev–Trinajstić information content (AvgIpc) is 2.87. The summed E-state index contributed by atoms with van der Waals surface area (Å²) in [4.78, 5) is 0. The minimum absolute atomic E-state index is 0.291. The fourth-order valence-electron chi connectivity index (χ4n) is 3.60. The van der Waals surface area contributed by atoms with Crippen LogP contribution >= 0.6 is 15.9 Å². The molecule has 2 aliphatic rings. The standard InChI is InChI=1S/C12H21BrO2S/c1-2-16(14,15)6-5-12(9-13)8-10-3-4-11(12)7-10/h10-11H,2-9H2,1H3. The number of halogens is 1. The van der Waals surface area contributed by atoms with E-state index in [-0.39, 0.29) is 0 Å². The highest BCUT2D eigenvalue weighted by Crippen LogP contribution is 2.58. The van der Waals surface area contributed by atoms with Crippen molar-refractivity contribution in [2.45, 2.75) is 39.0 Å². The molecule has 0 aromatic heterocycles. The van der Waals surface area contributed by atoms with Gasteiger partial charge in [-0.15, -0.1) is 0 Å². The predicted octanol–water partition coefficient (Wildman–Crippen LogP) is 3.01. The lowest BCUT2D eigenvalue weighted by molar-refractivity contribution is 0.191. The molecule has 2 fully saturated rings. The van der Waals surface area contributed by atoms with Gasteiger partial charge in [-0.2, -0.15) is 0 Å². The molecule has 0 spiro atoms. The molecule has 0 aromatic carbocycles. The van der Waals surface area contributed by atoms with E-state index in [9.17, 15) is 8.42 Å². The number of sulfone groups is 1. The van der Waals surface area contributed by atoms with Crippen molar-refractivity contribution in [1.82, 2.24) is 0 Å².